The van der Waals surface area contributed by atoms with Crippen LogP contribution in [-0.2, 0) is 20.9 Å². The summed E-state index contributed by atoms with van der Waals surface area (Å²) < 4.78 is -1.16. The van der Waals surface area contributed by atoms with E-state index in [1.54, 1.807) is 45.7 Å². The highest BCUT2D eigenvalue weighted by molar-refractivity contribution is 8.02. The Labute approximate surface area is 237 Å². The van der Waals surface area contributed by atoms with Gasteiger partial charge in [-0.2, -0.15) is 0 Å². The molecule has 3 saturated heterocycles. The third kappa shape index (κ3) is 5.06. The predicted molar refractivity (Wildman–Crippen MR) is 156 cm³/mol. The van der Waals surface area contributed by atoms with Crippen LogP contribution >= 0.6 is 11.8 Å². The average Bonchev–Trinajstić information content (AvgIpc) is 3.47. The largest absolute Gasteiger partial charge is 0.394 e. The molecule has 6 atom stereocenters. The number of likely N-dealkylation sites (tertiary alicyclic amines) is 1. The van der Waals surface area contributed by atoms with Crippen LogP contribution in [0.5, 0.6) is 0 Å². The third-order valence-corrected chi connectivity index (χ3v) is 10.7. The summed E-state index contributed by atoms with van der Waals surface area (Å²) in [6.07, 6.45) is 5.41. The summed E-state index contributed by atoms with van der Waals surface area (Å²) in [7, 11) is 1.75. The van der Waals surface area contributed by atoms with E-state index in [0.29, 0.717) is 32.5 Å². The average molecular weight is 554 g/mol. The molecule has 4 rings (SSSR count). The van der Waals surface area contributed by atoms with Gasteiger partial charge < -0.3 is 19.8 Å². The lowest BCUT2D eigenvalue weighted by molar-refractivity contribution is -0.147. The smallest absolute Gasteiger partial charge is 0.247 e. The zero-order valence-electron chi connectivity index (χ0n) is 23.7. The molecule has 3 amide bonds. The third-order valence-electron chi connectivity index (χ3n) is 8.72. The van der Waals surface area contributed by atoms with Crippen molar-refractivity contribution in [2.75, 3.05) is 26.7 Å². The second-order valence-electron chi connectivity index (χ2n) is 11.9. The Kier molecular flexibility index (Phi) is 8.67. The van der Waals surface area contributed by atoms with E-state index in [9.17, 15) is 19.5 Å². The van der Waals surface area contributed by atoms with Crippen LogP contribution in [0.1, 0.15) is 45.6 Å². The molecule has 0 aromatic heterocycles. The van der Waals surface area contributed by atoms with Crippen LogP contribution in [-0.4, -0.2) is 85.8 Å². The van der Waals surface area contributed by atoms with Crippen molar-refractivity contribution in [3.63, 3.8) is 0 Å². The normalized spacial score (nSPS) is 29.8. The monoisotopic (exact) mass is 553 g/mol. The van der Waals surface area contributed by atoms with Gasteiger partial charge in [0.25, 0.3) is 0 Å². The fourth-order valence-electron chi connectivity index (χ4n) is 7.12. The van der Waals surface area contributed by atoms with Gasteiger partial charge in [-0.05, 0) is 37.7 Å². The van der Waals surface area contributed by atoms with Crippen molar-refractivity contribution >= 4 is 29.5 Å². The van der Waals surface area contributed by atoms with Crippen molar-refractivity contribution in [1.82, 2.24) is 14.7 Å². The maximum Gasteiger partial charge on any atom is 0.247 e. The van der Waals surface area contributed by atoms with Crippen molar-refractivity contribution in [3.05, 3.63) is 61.2 Å². The van der Waals surface area contributed by atoms with Gasteiger partial charge in [-0.15, -0.1) is 24.9 Å². The number of thioether (sulfide) groups is 1. The number of carbonyl (C=O) groups excluding carboxylic acids is 3. The lowest BCUT2D eigenvalue weighted by atomic mass is 9.66. The van der Waals surface area contributed by atoms with Gasteiger partial charge in [0, 0.05) is 31.4 Å². The van der Waals surface area contributed by atoms with Gasteiger partial charge in [-0.1, -0.05) is 56.3 Å². The molecule has 1 spiro atoms. The van der Waals surface area contributed by atoms with Crippen molar-refractivity contribution in [2.45, 2.75) is 68.2 Å². The number of hydrogen-bond acceptors (Lipinski definition) is 5. The second kappa shape index (κ2) is 11.5. The first-order chi connectivity index (χ1) is 18.5. The molecule has 1 aromatic carbocycles. The Morgan fingerprint density at radius 1 is 1.15 bits per heavy atom. The van der Waals surface area contributed by atoms with E-state index in [4.69, 9.17) is 0 Å². The Hall–Kier alpha value is -2.58. The van der Waals surface area contributed by atoms with Crippen LogP contribution in [0.15, 0.2) is 55.6 Å². The number of carbonyl (C=O) groups is 3. The fraction of sp³-hybridized carbons (Fsp3) is 0.581. The molecule has 3 heterocycles. The molecule has 3 aliphatic rings. The molecule has 2 bridgehead atoms. The van der Waals surface area contributed by atoms with E-state index in [1.165, 1.54) is 0 Å². The van der Waals surface area contributed by atoms with Crippen LogP contribution in [0.25, 0.3) is 0 Å². The Morgan fingerprint density at radius 3 is 2.41 bits per heavy atom. The van der Waals surface area contributed by atoms with Gasteiger partial charge in [0.05, 0.1) is 29.2 Å². The number of hydrogen-bond donors (Lipinski definition) is 1. The minimum Gasteiger partial charge on any atom is -0.394 e. The molecule has 1 N–H and O–H groups in total. The van der Waals surface area contributed by atoms with E-state index in [-0.39, 0.29) is 30.2 Å². The number of benzene rings is 1. The molecule has 212 valence electrons. The van der Waals surface area contributed by atoms with Gasteiger partial charge in [0.1, 0.15) is 6.04 Å². The first-order valence-corrected chi connectivity index (χ1v) is 14.8. The first kappa shape index (κ1) is 29.4. The number of aliphatic hydroxyl groups is 1. The molecular formula is C31H43N3O4S. The lowest BCUT2D eigenvalue weighted by Gasteiger charge is -2.40. The summed E-state index contributed by atoms with van der Waals surface area (Å²) in [5.74, 6) is -1.31. The first-order valence-electron chi connectivity index (χ1n) is 14.0. The van der Waals surface area contributed by atoms with Crippen LogP contribution in [0.4, 0.5) is 0 Å². The fourth-order valence-corrected chi connectivity index (χ4v) is 9.45. The van der Waals surface area contributed by atoms with E-state index in [0.717, 1.165) is 12.0 Å². The highest BCUT2D eigenvalue weighted by Crippen LogP contribution is 2.72. The van der Waals surface area contributed by atoms with Crippen molar-refractivity contribution in [1.29, 1.82) is 0 Å². The molecule has 0 aliphatic carbocycles. The molecule has 39 heavy (non-hydrogen) atoms. The standard InChI is InChI=1S/C31H43N3O4S/c1-7-16-32(6)27(36)24-25-28(37)34(23(20-35)18-21(3)4)26(31(25)15-14-30(24,5)39-31)29(38)33(17-8-2)19-22-12-10-9-11-13-22/h7-13,21,23-26,35H,1-2,14-20H2,3-6H3/t23-,24+,25+,26?,30-,31?/m1/s1. The maximum atomic E-state index is 14.6. The quantitative estimate of drug-likeness (QED) is 0.399. The van der Waals surface area contributed by atoms with Crippen LogP contribution in [0.2, 0.25) is 0 Å². The maximum absolute atomic E-state index is 14.6. The van der Waals surface area contributed by atoms with Crippen LogP contribution in [0, 0.1) is 17.8 Å². The van der Waals surface area contributed by atoms with Crippen LogP contribution < -0.4 is 0 Å². The predicted octanol–water partition coefficient (Wildman–Crippen LogP) is 3.73. The van der Waals surface area contributed by atoms with Crippen LogP contribution in [0.3, 0.4) is 0 Å². The number of likely N-dealkylation sites (N-methyl/N-ethyl adjacent to an activating group) is 1. The topological polar surface area (TPSA) is 81.2 Å². The molecule has 3 aliphatic heterocycles. The van der Waals surface area contributed by atoms with Gasteiger partial charge in [-0.3, -0.25) is 14.4 Å². The Bertz CT molecular complexity index is 1110. The molecule has 0 radical (unpaired) electrons. The molecule has 7 nitrogen and oxygen atoms in total. The zero-order chi connectivity index (χ0) is 28.5. The Balaban J connectivity index is 1.81. The number of nitrogens with zero attached hydrogens (tertiary/aromatic N) is 3. The summed E-state index contributed by atoms with van der Waals surface area (Å²) in [5, 5.41) is 10.5. The molecule has 3 fully saturated rings. The summed E-state index contributed by atoms with van der Waals surface area (Å²) in [5.41, 5.74) is 0.993. The SMILES string of the molecule is C=CCN(C)C(=O)[C@@H]1[C@H]2C(=O)N([C@@H](CO)CC(C)C)C(C(=O)N(CC=C)Cc3ccccc3)C23CC[C@@]1(C)S3. The van der Waals surface area contributed by atoms with Crippen molar-refractivity contribution in [3.8, 4) is 0 Å². The van der Waals surface area contributed by atoms with Gasteiger partial charge in [0.15, 0.2) is 0 Å². The van der Waals surface area contributed by atoms with E-state index < -0.39 is 33.4 Å². The molecule has 8 heteroatoms. The summed E-state index contributed by atoms with van der Waals surface area (Å²) in [4.78, 5) is 48.0. The zero-order valence-corrected chi connectivity index (χ0v) is 24.5. The van der Waals surface area contributed by atoms with Gasteiger partial charge in [-0.25, -0.2) is 0 Å². The minimum atomic E-state index is -0.760. The van der Waals surface area contributed by atoms with E-state index >= 15 is 0 Å². The number of amides is 3. The molecule has 2 unspecified atom stereocenters. The van der Waals surface area contributed by atoms with E-state index in [2.05, 4.69) is 33.9 Å². The lowest BCUT2D eigenvalue weighted by Crippen LogP contribution is -2.57. The number of fused-ring (bicyclic) bond motifs is 1. The van der Waals surface area contributed by atoms with E-state index in [1.807, 2.05) is 30.3 Å². The second-order valence-corrected chi connectivity index (χ2v) is 13.8. The van der Waals surface area contributed by atoms with Gasteiger partial charge in [0.2, 0.25) is 17.7 Å². The summed E-state index contributed by atoms with van der Waals surface area (Å²) in [6, 6.07) is 8.54. The molecule has 0 saturated carbocycles. The number of rotatable bonds is 12. The summed E-state index contributed by atoms with van der Waals surface area (Å²) in [6.45, 7) is 14.8. The van der Waals surface area contributed by atoms with Crippen molar-refractivity contribution in [2.24, 2.45) is 17.8 Å². The molecule has 1 aromatic rings. The Morgan fingerprint density at radius 2 is 1.82 bits per heavy atom. The highest BCUT2D eigenvalue weighted by atomic mass is 32.2. The molecular weight excluding hydrogens is 510 g/mol. The van der Waals surface area contributed by atoms with Crippen molar-refractivity contribution < 1.29 is 19.5 Å². The summed E-state index contributed by atoms with van der Waals surface area (Å²) >= 11 is 1.67. The highest BCUT2D eigenvalue weighted by Gasteiger charge is 2.78. The minimum absolute atomic E-state index is 0.0745. The number of aliphatic hydroxyl groups excluding tert-OH is 1. The van der Waals surface area contributed by atoms with Gasteiger partial charge >= 0.3 is 0 Å².